The summed E-state index contributed by atoms with van der Waals surface area (Å²) in [6.45, 7) is 4.79. The molecule has 0 saturated carbocycles. The number of aromatic nitrogens is 4. The summed E-state index contributed by atoms with van der Waals surface area (Å²) in [5.41, 5.74) is 2.01. The van der Waals surface area contributed by atoms with Crippen LogP contribution in [0.3, 0.4) is 0 Å². The van der Waals surface area contributed by atoms with Crippen LogP contribution in [-0.4, -0.2) is 40.6 Å². The molecule has 2 aromatic rings. The number of nitrogens with zero attached hydrogens (tertiary/aromatic N) is 5. The first kappa shape index (κ1) is 13.2. The Bertz CT molecular complexity index is 567. The molecule has 0 aliphatic carbocycles. The Morgan fingerprint density at radius 1 is 1.21 bits per heavy atom. The fourth-order valence-corrected chi connectivity index (χ4v) is 1.62. The second-order valence-corrected chi connectivity index (χ2v) is 4.40. The molecular formula is C13H18N6. The number of nitrogens with one attached hydrogen (secondary N) is 1. The highest BCUT2D eigenvalue weighted by Crippen LogP contribution is 2.21. The molecule has 0 fully saturated rings. The van der Waals surface area contributed by atoms with Crippen molar-refractivity contribution in [3.63, 3.8) is 0 Å². The lowest BCUT2D eigenvalue weighted by atomic mass is 10.1. The number of anilines is 2. The molecule has 0 unspecified atom stereocenters. The average Bonchev–Trinajstić information content (AvgIpc) is 2.39. The van der Waals surface area contributed by atoms with Gasteiger partial charge in [0.1, 0.15) is 0 Å². The maximum atomic E-state index is 4.47. The Kier molecular flexibility index (Phi) is 3.89. The number of hydrogen-bond donors (Lipinski definition) is 1. The molecule has 0 radical (unpaired) electrons. The minimum atomic E-state index is 0.583. The van der Waals surface area contributed by atoms with Crippen molar-refractivity contribution < 1.29 is 0 Å². The molecule has 0 aliphatic heterocycles. The second-order valence-electron chi connectivity index (χ2n) is 4.40. The van der Waals surface area contributed by atoms with Crippen molar-refractivity contribution in [2.75, 3.05) is 30.9 Å². The molecule has 2 rings (SSSR count). The summed E-state index contributed by atoms with van der Waals surface area (Å²) < 4.78 is 0. The van der Waals surface area contributed by atoms with E-state index in [1.54, 1.807) is 12.4 Å². The highest BCUT2D eigenvalue weighted by atomic mass is 15.3. The van der Waals surface area contributed by atoms with E-state index in [0.717, 1.165) is 17.7 Å². The van der Waals surface area contributed by atoms with Crippen LogP contribution in [0.4, 0.5) is 11.9 Å². The lowest BCUT2D eigenvalue weighted by molar-refractivity contribution is 0.951. The molecule has 0 spiro atoms. The molecule has 0 aromatic carbocycles. The number of hydrogen-bond acceptors (Lipinski definition) is 6. The predicted octanol–water partition coefficient (Wildman–Crippen LogP) is 1.74. The summed E-state index contributed by atoms with van der Waals surface area (Å²) in [5, 5.41) is 3.12. The Hall–Kier alpha value is -2.24. The van der Waals surface area contributed by atoms with Crippen molar-refractivity contribution in [1.82, 2.24) is 19.9 Å². The molecule has 1 N–H and O–H groups in total. The van der Waals surface area contributed by atoms with Crippen LogP contribution in [0, 0.1) is 6.92 Å². The summed E-state index contributed by atoms with van der Waals surface area (Å²) in [6, 6.07) is 1.95. The first-order chi connectivity index (χ1) is 9.11. The van der Waals surface area contributed by atoms with Crippen molar-refractivity contribution in [3.05, 3.63) is 24.0 Å². The van der Waals surface area contributed by atoms with E-state index in [2.05, 4.69) is 25.3 Å². The molecule has 0 amide bonds. The van der Waals surface area contributed by atoms with E-state index in [-0.39, 0.29) is 0 Å². The van der Waals surface area contributed by atoms with E-state index >= 15 is 0 Å². The van der Waals surface area contributed by atoms with E-state index in [9.17, 15) is 0 Å². The summed E-state index contributed by atoms with van der Waals surface area (Å²) >= 11 is 0. The van der Waals surface area contributed by atoms with Gasteiger partial charge in [-0.05, 0) is 25.5 Å². The summed E-state index contributed by atoms with van der Waals surface area (Å²) in [5.74, 6) is 1.85. The number of aryl methyl sites for hydroxylation is 1. The Labute approximate surface area is 113 Å². The molecule has 0 atom stereocenters. The van der Waals surface area contributed by atoms with Crippen LogP contribution in [-0.2, 0) is 0 Å². The minimum Gasteiger partial charge on any atom is -0.354 e. The van der Waals surface area contributed by atoms with Gasteiger partial charge in [0.2, 0.25) is 11.9 Å². The van der Waals surface area contributed by atoms with Crippen molar-refractivity contribution in [2.45, 2.75) is 13.8 Å². The topological polar surface area (TPSA) is 66.8 Å². The van der Waals surface area contributed by atoms with E-state index in [4.69, 9.17) is 0 Å². The summed E-state index contributed by atoms with van der Waals surface area (Å²) in [7, 11) is 3.82. The van der Waals surface area contributed by atoms with Crippen molar-refractivity contribution in [1.29, 1.82) is 0 Å². The molecule has 100 valence electrons. The van der Waals surface area contributed by atoms with E-state index in [0.29, 0.717) is 17.7 Å². The monoisotopic (exact) mass is 258 g/mol. The lowest BCUT2D eigenvalue weighted by Gasteiger charge is -2.13. The third-order valence-electron chi connectivity index (χ3n) is 2.64. The minimum absolute atomic E-state index is 0.583. The van der Waals surface area contributed by atoms with Gasteiger partial charge in [0.05, 0.1) is 0 Å². The summed E-state index contributed by atoms with van der Waals surface area (Å²) in [6.07, 6.45) is 3.54. The number of rotatable bonds is 4. The van der Waals surface area contributed by atoms with E-state index in [1.165, 1.54) is 0 Å². The molecule has 0 bridgehead atoms. The third kappa shape index (κ3) is 2.96. The van der Waals surface area contributed by atoms with Crippen molar-refractivity contribution >= 4 is 11.9 Å². The highest BCUT2D eigenvalue weighted by Gasteiger charge is 2.11. The molecule has 0 saturated heterocycles. The van der Waals surface area contributed by atoms with Crippen LogP contribution < -0.4 is 10.2 Å². The number of pyridine rings is 1. The SMILES string of the molecule is CCNc1nc(-c2cnccc2C)nc(N(C)C)n1. The Balaban J connectivity index is 2.53. The zero-order valence-electron chi connectivity index (χ0n) is 11.7. The first-order valence-corrected chi connectivity index (χ1v) is 6.20. The zero-order valence-corrected chi connectivity index (χ0v) is 11.7. The van der Waals surface area contributed by atoms with Crippen LogP contribution in [0.1, 0.15) is 12.5 Å². The van der Waals surface area contributed by atoms with Gasteiger partial charge in [-0.25, -0.2) is 0 Å². The normalized spacial score (nSPS) is 10.3. The van der Waals surface area contributed by atoms with Crippen molar-refractivity contribution in [3.8, 4) is 11.4 Å². The first-order valence-electron chi connectivity index (χ1n) is 6.20. The predicted molar refractivity (Wildman–Crippen MR) is 76.3 cm³/mol. The van der Waals surface area contributed by atoms with Crippen LogP contribution in [0.2, 0.25) is 0 Å². The van der Waals surface area contributed by atoms with Gasteiger partial charge in [-0.3, -0.25) is 4.98 Å². The second kappa shape index (κ2) is 5.60. The van der Waals surface area contributed by atoms with Gasteiger partial charge >= 0.3 is 0 Å². The van der Waals surface area contributed by atoms with E-state index in [1.807, 2.05) is 38.9 Å². The highest BCUT2D eigenvalue weighted by molar-refractivity contribution is 5.60. The van der Waals surface area contributed by atoms with Crippen LogP contribution >= 0.6 is 0 Å². The van der Waals surface area contributed by atoms with Crippen LogP contribution in [0.5, 0.6) is 0 Å². The maximum Gasteiger partial charge on any atom is 0.230 e. The smallest absolute Gasteiger partial charge is 0.230 e. The molecule has 0 aliphatic rings. The molecule has 2 aromatic heterocycles. The Morgan fingerprint density at radius 2 is 2.00 bits per heavy atom. The standard InChI is InChI=1S/C13H18N6/c1-5-15-12-16-11(17-13(18-12)19(3)4)10-8-14-7-6-9(10)2/h6-8H,5H2,1-4H3,(H,15,16,17,18). The molecule has 6 heteroatoms. The molecule has 2 heterocycles. The van der Waals surface area contributed by atoms with Crippen LogP contribution in [0.25, 0.3) is 11.4 Å². The van der Waals surface area contributed by atoms with Gasteiger partial charge in [0, 0.05) is 38.6 Å². The maximum absolute atomic E-state index is 4.47. The largest absolute Gasteiger partial charge is 0.354 e. The van der Waals surface area contributed by atoms with Gasteiger partial charge in [-0.2, -0.15) is 15.0 Å². The van der Waals surface area contributed by atoms with Gasteiger partial charge in [0.25, 0.3) is 0 Å². The molecule has 19 heavy (non-hydrogen) atoms. The van der Waals surface area contributed by atoms with E-state index < -0.39 is 0 Å². The fourth-order valence-electron chi connectivity index (χ4n) is 1.62. The van der Waals surface area contributed by atoms with Gasteiger partial charge in [-0.1, -0.05) is 0 Å². The fraction of sp³-hybridized carbons (Fsp3) is 0.385. The third-order valence-corrected chi connectivity index (χ3v) is 2.64. The summed E-state index contributed by atoms with van der Waals surface area (Å²) in [4.78, 5) is 19.3. The van der Waals surface area contributed by atoms with Crippen molar-refractivity contribution in [2.24, 2.45) is 0 Å². The average molecular weight is 258 g/mol. The molecule has 6 nitrogen and oxygen atoms in total. The van der Waals surface area contributed by atoms with Gasteiger partial charge in [0.15, 0.2) is 5.82 Å². The zero-order chi connectivity index (χ0) is 13.8. The van der Waals surface area contributed by atoms with Gasteiger partial charge in [-0.15, -0.1) is 0 Å². The lowest BCUT2D eigenvalue weighted by Crippen LogP contribution is -2.16. The molecular weight excluding hydrogens is 240 g/mol. The van der Waals surface area contributed by atoms with Gasteiger partial charge < -0.3 is 10.2 Å². The van der Waals surface area contributed by atoms with Crippen LogP contribution in [0.15, 0.2) is 18.5 Å². The quantitative estimate of drug-likeness (QED) is 0.901. The Morgan fingerprint density at radius 3 is 2.63 bits per heavy atom.